The van der Waals surface area contributed by atoms with Gasteiger partial charge >= 0.3 is 0 Å². The molecule has 0 aromatic heterocycles. The second-order valence-corrected chi connectivity index (χ2v) is 7.61. The fourth-order valence-corrected chi connectivity index (χ4v) is 2.24. The van der Waals surface area contributed by atoms with Gasteiger partial charge in [-0.05, 0) is 5.41 Å². The maximum absolute atomic E-state index is 8.94. The van der Waals surface area contributed by atoms with Crippen molar-refractivity contribution in [1.82, 2.24) is 0 Å². The molecular formula is C20H42O10. The molecule has 0 saturated carbocycles. The zero-order chi connectivity index (χ0) is 22.7. The minimum Gasteiger partial charge on any atom is -0.394 e. The van der Waals surface area contributed by atoms with Gasteiger partial charge in [-0.25, -0.2) is 0 Å². The summed E-state index contributed by atoms with van der Waals surface area (Å²) in [5.41, 5.74) is -0.237. The molecule has 0 bridgehead atoms. The molecule has 0 aliphatic heterocycles. The Morgan fingerprint density at radius 3 is 1.90 bits per heavy atom. The third kappa shape index (κ3) is 16.3. The molecule has 0 radical (unpaired) electrons. The van der Waals surface area contributed by atoms with E-state index in [-0.39, 0.29) is 77.3 Å². The van der Waals surface area contributed by atoms with Crippen LogP contribution in [0.2, 0.25) is 0 Å². The van der Waals surface area contributed by atoms with Crippen molar-refractivity contribution in [3.8, 4) is 0 Å². The molecule has 30 heavy (non-hydrogen) atoms. The molecule has 3 atom stereocenters. The van der Waals surface area contributed by atoms with E-state index < -0.39 is 6.29 Å². The lowest BCUT2D eigenvalue weighted by atomic mass is 9.89. The Kier molecular flexibility index (Phi) is 19.0. The van der Waals surface area contributed by atoms with Crippen LogP contribution in [0.5, 0.6) is 0 Å². The van der Waals surface area contributed by atoms with Crippen LogP contribution in [0.15, 0.2) is 0 Å². The summed E-state index contributed by atoms with van der Waals surface area (Å²) < 4.78 is 43.9. The SMILES string of the molecule is COCCOC(COCCO)OCC(OC(COCCO)COCOC)C(C)(C)C. The lowest BCUT2D eigenvalue weighted by Gasteiger charge is -2.34. The van der Waals surface area contributed by atoms with Crippen molar-refractivity contribution in [3.05, 3.63) is 0 Å². The van der Waals surface area contributed by atoms with Gasteiger partial charge in [-0.2, -0.15) is 0 Å². The number of rotatable bonds is 21. The maximum Gasteiger partial charge on any atom is 0.181 e. The molecule has 182 valence electrons. The van der Waals surface area contributed by atoms with Crippen molar-refractivity contribution < 1.29 is 48.1 Å². The molecule has 0 heterocycles. The van der Waals surface area contributed by atoms with Gasteiger partial charge < -0.3 is 48.1 Å². The predicted octanol–water partition coefficient (Wildman–Crippen LogP) is 0.430. The second kappa shape index (κ2) is 19.3. The molecule has 0 amide bonds. The van der Waals surface area contributed by atoms with Crippen molar-refractivity contribution in [3.63, 3.8) is 0 Å². The van der Waals surface area contributed by atoms with E-state index in [1.54, 1.807) is 14.2 Å². The van der Waals surface area contributed by atoms with Crippen LogP contribution < -0.4 is 0 Å². The van der Waals surface area contributed by atoms with Gasteiger partial charge in [0.2, 0.25) is 0 Å². The first kappa shape index (κ1) is 29.6. The Morgan fingerprint density at radius 2 is 1.33 bits per heavy atom. The highest BCUT2D eigenvalue weighted by atomic mass is 16.7. The Labute approximate surface area is 180 Å². The second-order valence-electron chi connectivity index (χ2n) is 7.61. The minimum atomic E-state index is -0.617. The van der Waals surface area contributed by atoms with Crippen LogP contribution in [0.25, 0.3) is 0 Å². The van der Waals surface area contributed by atoms with Gasteiger partial charge in [0, 0.05) is 14.2 Å². The number of aliphatic hydroxyl groups excluding tert-OH is 2. The summed E-state index contributed by atoms with van der Waals surface area (Å²) in [4.78, 5) is 0. The topological polar surface area (TPSA) is 114 Å². The Balaban J connectivity index is 4.87. The molecule has 0 spiro atoms. The van der Waals surface area contributed by atoms with E-state index in [9.17, 15) is 0 Å². The quantitative estimate of drug-likeness (QED) is 0.192. The lowest BCUT2D eigenvalue weighted by molar-refractivity contribution is -0.213. The summed E-state index contributed by atoms with van der Waals surface area (Å²) >= 11 is 0. The molecular weight excluding hydrogens is 400 g/mol. The Morgan fingerprint density at radius 1 is 0.700 bits per heavy atom. The average molecular weight is 443 g/mol. The molecule has 3 unspecified atom stereocenters. The van der Waals surface area contributed by atoms with Gasteiger partial charge in [0.15, 0.2) is 6.29 Å². The summed E-state index contributed by atoms with van der Waals surface area (Å²) in [6, 6.07) is 0. The summed E-state index contributed by atoms with van der Waals surface area (Å²) in [6.07, 6.45) is -1.27. The first-order valence-electron chi connectivity index (χ1n) is 10.2. The number of hydrogen-bond acceptors (Lipinski definition) is 10. The molecule has 0 aliphatic carbocycles. The van der Waals surface area contributed by atoms with Crippen molar-refractivity contribution in [2.75, 3.05) is 87.1 Å². The molecule has 0 aromatic rings. The molecule has 0 aromatic carbocycles. The van der Waals surface area contributed by atoms with Crippen molar-refractivity contribution in [1.29, 1.82) is 0 Å². The fourth-order valence-electron chi connectivity index (χ4n) is 2.24. The van der Waals surface area contributed by atoms with Gasteiger partial charge in [0.25, 0.3) is 0 Å². The average Bonchev–Trinajstić information content (AvgIpc) is 2.69. The van der Waals surface area contributed by atoms with Gasteiger partial charge in [0.05, 0.1) is 72.2 Å². The van der Waals surface area contributed by atoms with Crippen LogP contribution in [0.4, 0.5) is 0 Å². The zero-order valence-electron chi connectivity index (χ0n) is 19.2. The number of hydrogen-bond donors (Lipinski definition) is 2. The van der Waals surface area contributed by atoms with E-state index >= 15 is 0 Å². The number of ether oxygens (including phenoxy) is 8. The Hall–Kier alpha value is -0.400. The van der Waals surface area contributed by atoms with Gasteiger partial charge in [-0.3, -0.25) is 0 Å². The van der Waals surface area contributed by atoms with Crippen LogP contribution in [0.1, 0.15) is 20.8 Å². The predicted molar refractivity (Wildman–Crippen MR) is 109 cm³/mol. The summed E-state index contributed by atoms with van der Waals surface area (Å²) in [7, 11) is 3.14. The first-order valence-corrected chi connectivity index (χ1v) is 10.2. The fraction of sp³-hybridized carbons (Fsp3) is 1.00. The van der Waals surface area contributed by atoms with E-state index in [1.165, 1.54) is 0 Å². The molecule has 10 nitrogen and oxygen atoms in total. The van der Waals surface area contributed by atoms with Crippen molar-refractivity contribution >= 4 is 0 Å². The molecule has 0 saturated heterocycles. The summed E-state index contributed by atoms with van der Waals surface area (Å²) in [6.45, 7) is 8.34. The van der Waals surface area contributed by atoms with Gasteiger partial charge in [-0.1, -0.05) is 20.8 Å². The van der Waals surface area contributed by atoms with Crippen LogP contribution >= 0.6 is 0 Å². The smallest absolute Gasteiger partial charge is 0.181 e. The van der Waals surface area contributed by atoms with Crippen LogP contribution in [0, 0.1) is 5.41 Å². The van der Waals surface area contributed by atoms with E-state index in [0.717, 1.165) is 0 Å². The molecule has 0 fully saturated rings. The zero-order valence-corrected chi connectivity index (χ0v) is 19.2. The van der Waals surface area contributed by atoms with Crippen LogP contribution in [-0.4, -0.2) is 116 Å². The first-order chi connectivity index (χ1) is 14.4. The van der Waals surface area contributed by atoms with Crippen LogP contribution in [-0.2, 0) is 37.9 Å². The molecule has 10 heteroatoms. The number of aliphatic hydroxyl groups is 2. The third-order valence-electron chi connectivity index (χ3n) is 3.88. The van der Waals surface area contributed by atoms with E-state index in [2.05, 4.69) is 0 Å². The maximum atomic E-state index is 8.94. The van der Waals surface area contributed by atoms with E-state index in [0.29, 0.717) is 13.2 Å². The monoisotopic (exact) mass is 442 g/mol. The molecule has 0 aliphatic rings. The highest BCUT2D eigenvalue weighted by Crippen LogP contribution is 2.24. The summed E-state index contributed by atoms with van der Waals surface area (Å²) in [5, 5.41) is 17.8. The van der Waals surface area contributed by atoms with Crippen molar-refractivity contribution in [2.24, 2.45) is 5.41 Å². The van der Waals surface area contributed by atoms with Gasteiger partial charge in [-0.15, -0.1) is 0 Å². The largest absolute Gasteiger partial charge is 0.394 e. The van der Waals surface area contributed by atoms with Crippen LogP contribution in [0.3, 0.4) is 0 Å². The van der Waals surface area contributed by atoms with Crippen molar-refractivity contribution in [2.45, 2.75) is 39.3 Å². The standard InChI is InChI=1S/C20H42O10/c1-20(2,3)18(30-17(12-25-8-6-21)13-27-16-24-5)14-29-19(15-26-9-7-22)28-11-10-23-4/h17-19,21-22H,6-16H2,1-5H3. The van der Waals surface area contributed by atoms with Gasteiger partial charge in [0.1, 0.15) is 12.9 Å². The molecule has 0 rings (SSSR count). The lowest BCUT2D eigenvalue weighted by Crippen LogP contribution is -2.42. The van der Waals surface area contributed by atoms with E-state index in [1.807, 2.05) is 20.8 Å². The normalized spacial score (nSPS) is 15.3. The summed E-state index contributed by atoms with van der Waals surface area (Å²) in [5.74, 6) is 0. The highest BCUT2D eigenvalue weighted by molar-refractivity contribution is 4.76. The highest BCUT2D eigenvalue weighted by Gasteiger charge is 2.30. The number of methoxy groups -OCH3 is 2. The van der Waals surface area contributed by atoms with E-state index in [4.69, 9.17) is 48.1 Å². The molecule has 2 N–H and O–H groups in total. The third-order valence-corrected chi connectivity index (χ3v) is 3.88. The minimum absolute atomic E-state index is 0.0637. The Bertz CT molecular complexity index is 344.